The van der Waals surface area contributed by atoms with Gasteiger partial charge in [-0.2, -0.15) is 0 Å². The lowest BCUT2D eigenvalue weighted by Gasteiger charge is -2.09. The molecule has 0 spiro atoms. The van der Waals surface area contributed by atoms with Gasteiger partial charge in [0, 0.05) is 19.5 Å². The fraction of sp³-hybridized carbons (Fsp3) is 0.393. The van der Waals surface area contributed by atoms with Crippen molar-refractivity contribution < 1.29 is 18.0 Å². The Bertz CT molecular complexity index is 1000. The molecule has 1 heterocycles. The molecule has 0 saturated carbocycles. The summed E-state index contributed by atoms with van der Waals surface area (Å²) in [4.78, 5) is 11.2. The van der Waals surface area contributed by atoms with Crippen molar-refractivity contribution in [2.45, 2.75) is 66.7 Å². The second-order valence-corrected chi connectivity index (χ2v) is 7.92. The summed E-state index contributed by atoms with van der Waals surface area (Å²) in [7, 11) is 1.50. The summed E-state index contributed by atoms with van der Waals surface area (Å²) in [6, 6.07) is 14.6. The van der Waals surface area contributed by atoms with E-state index in [-0.39, 0.29) is 17.4 Å². The first-order chi connectivity index (χ1) is 15.7. The molecule has 0 bridgehead atoms. The molecule has 0 aliphatic carbocycles. The third kappa shape index (κ3) is 7.85. The molecule has 0 fully saturated rings. The number of hydrogen-bond donors (Lipinski definition) is 1. The van der Waals surface area contributed by atoms with E-state index in [4.69, 9.17) is 4.42 Å². The minimum atomic E-state index is -0.536. The van der Waals surface area contributed by atoms with Gasteiger partial charge in [0.2, 0.25) is 0 Å². The Kier molecular flexibility index (Phi) is 11.5. The van der Waals surface area contributed by atoms with Crippen molar-refractivity contribution in [2.24, 2.45) is 0 Å². The summed E-state index contributed by atoms with van der Waals surface area (Å²) in [6.45, 7) is 13.7. The van der Waals surface area contributed by atoms with Gasteiger partial charge in [0.25, 0.3) is 0 Å². The topological polar surface area (TPSA) is 42.2 Å². The van der Waals surface area contributed by atoms with Crippen LogP contribution in [0.25, 0.3) is 11.3 Å². The predicted molar refractivity (Wildman–Crippen MR) is 134 cm³/mol. The molecule has 1 aromatic heterocycles. The average Bonchev–Trinajstić information content (AvgIpc) is 3.31. The van der Waals surface area contributed by atoms with Crippen molar-refractivity contribution in [1.29, 1.82) is 0 Å². The van der Waals surface area contributed by atoms with Gasteiger partial charge < -0.3 is 9.73 Å². The number of carbonyl (C=O) groups is 1. The summed E-state index contributed by atoms with van der Waals surface area (Å²) in [5, 5.41) is 2.48. The zero-order valence-corrected chi connectivity index (χ0v) is 21.1. The molecular weight excluding hydrogens is 420 g/mol. The van der Waals surface area contributed by atoms with E-state index in [9.17, 15) is 13.6 Å². The maximum atomic E-state index is 13.2. The van der Waals surface area contributed by atoms with Crippen LogP contribution in [0.2, 0.25) is 0 Å². The number of carbonyl (C=O) groups excluding carboxylic acids is 1. The Morgan fingerprint density at radius 1 is 0.970 bits per heavy atom. The van der Waals surface area contributed by atoms with E-state index in [2.05, 4.69) is 31.3 Å². The van der Waals surface area contributed by atoms with Crippen LogP contribution in [0.15, 0.2) is 52.9 Å². The standard InChI is InChI=1S/C16H18O2.C10H13F2N.C2H6/c1-4-11(2)13-6-5-7-14(10-13)16-9-8-15(18-16)12(3)17;1-6(2)7-4-8(11)10(13-3)9(12)5-7;1-2/h5-11H,4H2,1-3H3;4-6,13H,1-3H3;1-2H3. The minimum absolute atomic E-state index is 0.0423. The van der Waals surface area contributed by atoms with Crippen LogP contribution in [0.5, 0.6) is 0 Å². The van der Waals surface area contributed by atoms with E-state index < -0.39 is 11.6 Å². The maximum Gasteiger partial charge on any atom is 0.194 e. The van der Waals surface area contributed by atoms with Crippen LogP contribution in [0, 0.1) is 11.6 Å². The number of halogens is 2. The summed E-state index contributed by atoms with van der Waals surface area (Å²) in [5.74, 6) is 0.725. The highest BCUT2D eigenvalue weighted by Crippen LogP contribution is 2.27. The van der Waals surface area contributed by atoms with Crippen LogP contribution in [0.4, 0.5) is 14.5 Å². The number of ketones is 1. The Morgan fingerprint density at radius 3 is 2.03 bits per heavy atom. The highest BCUT2D eigenvalue weighted by atomic mass is 19.1. The van der Waals surface area contributed by atoms with Crippen molar-refractivity contribution in [1.82, 2.24) is 0 Å². The Labute approximate surface area is 197 Å². The zero-order valence-electron chi connectivity index (χ0n) is 21.1. The van der Waals surface area contributed by atoms with Crippen molar-refractivity contribution in [3.8, 4) is 11.3 Å². The van der Waals surface area contributed by atoms with Crippen molar-refractivity contribution in [2.75, 3.05) is 12.4 Å². The van der Waals surface area contributed by atoms with Crippen LogP contribution in [-0.2, 0) is 0 Å². The van der Waals surface area contributed by atoms with E-state index in [0.717, 1.165) is 17.7 Å². The molecule has 180 valence electrons. The third-order valence-corrected chi connectivity index (χ3v) is 5.29. The Hall–Kier alpha value is -2.95. The van der Waals surface area contributed by atoms with Gasteiger partial charge in [-0.05, 0) is 59.7 Å². The summed E-state index contributed by atoms with van der Waals surface area (Å²) >= 11 is 0. The van der Waals surface area contributed by atoms with E-state index in [0.29, 0.717) is 17.2 Å². The maximum absolute atomic E-state index is 13.2. The Balaban J connectivity index is 0.000000322. The number of anilines is 1. The van der Waals surface area contributed by atoms with Gasteiger partial charge in [-0.25, -0.2) is 8.78 Å². The molecule has 1 atom stereocenters. The molecule has 0 amide bonds. The normalized spacial score (nSPS) is 11.1. The molecule has 0 radical (unpaired) electrons. The second-order valence-electron chi connectivity index (χ2n) is 7.92. The Morgan fingerprint density at radius 2 is 1.58 bits per heavy atom. The first-order valence-corrected chi connectivity index (χ1v) is 11.6. The number of furan rings is 1. The second kappa shape index (κ2) is 13.6. The third-order valence-electron chi connectivity index (χ3n) is 5.29. The van der Waals surface area contributed by atoms with E-state index in [1.54, 1.807) is 6.07 Å². The monoisotopic (exact) mass is 457 g/mol. The van der Waals surface area contributed by atoms with Crippen LogP contribution in [0.3, 0.4) is 0 Å². The van der Waals surface area contributed by atoms with Gasteiger partial charge >= 0.3 is 0 Å². The van der Waals surface area contributed by atoms with Crippen LogP contribution >= 0.6 is 0 Å². The zero-order chi connectivity index (χ0) is 25.1. The molecule has 2 aromatic carbocycles. The van der Waals surface area contributed by atoms with Gasteiger partial charge in [0.15, 0.2) is 11.5 Å². The molecule has 0 aliphatic rings. The SMILES string of the molecule is CC.CCC(C)c1cccc(-c2ccc(C(C)=O)o2)c1.CNc1c(F)cc(C(C)C)cc1F. The minimum Gasteiger partial charge on any atom is -0.453 e. The van der Waals surface area contributed by atoms with Crippen molar-refractivity contribution in [3.05, 3.63) is 77.1 Å². The van der Waals surface area contributed by atoms with Crippen LogP contribution in [-0.4, -0.2) is 12.8 Å². The molecule has 1 unspecified atom stereocenters. The smallest absolute Gasteiger partial charge is 0.194 e. The number of Topliss-reactive ketones (excluding diaryl/α,β-unsaturated/α-hetero) is 1. The number of nitrogens with one attached hydrogen (secondary N) is 1. The van der Waals surface area contributed by atoms with Gasteiger partial charge in [-0.3, -0.25) is 4.79 Å². The average molecular weight is 458 g/mol. The van der Waals surface area contributed by atoms with Crippen molar-refractivity contribution in [3.63, 3.8) is 0 Å². The molecule has 33 heavy (non-hydrogen) atoms. The fourth-order valence-corrected chi connectivity index (χ4v) is 3.08. The predicted octanol–water partition coefficient (Wildman–Crippen LogP) is 8.82. The molecular formula is C28H37F2NO2. The van der Waals surface area contributed by atoms with Crippen LogP contribution in [0.1, 0.15) is 88.4 Å². The first-order valence-electron chi connectivity index (χ1n) is 11.6. The highest BCUT2D eigenvalue weighted by molar-refractivity contribution is 5.91. The molecule has 3 aromatic rings. The molecule has 3 nitrogen and oxygen atoms in total. The van der Waals surface area contributed by atoms with Gasteiger partial charge in [-0.1, -0.05) is 59.7 Å². The summed E-state index contributed by atoms with van der Waals surface area (Å²) in [5.41, 5.74) is 2.94. The molecule has 0 saturated heterocycles. The summed E-state index contributed by atoms with van der Waals surface area (Å²) < 4.78 is 31.9. The number of rotatable bonds is 6. The van der Waals surface area contributed by atoms with Gasteiger partial charge in [-0.15, -0.1) is 0 Å². The number of benzene rings is 2. The van der Waals surface area contributed by atoms with E-state index in [1.807, 2.05) is 45.9 Å². The lowest BCUT2D eigenvalue weighted by atomic mass is 9.96. The fourth-order valence-electron chi connectivity index (χ4n) is 3.08. The number of hydrogen-bond acceptors (Lipinski definition) is 3. The first kappa shape index (κ1) is 28.1. The molecule has 0 aliphatic heterocycles. The van der Waals surface area contributed by atoms with Gasteiger partial charge in [0.05, 0.1) is 0 Å². The lowest BCUT2D eigenvalue weighted by molar-refractivity contribution is 0.0988. The molecule has 3 rings (SSSR count). The largest absolute Gasteiger partial charge is 0.453 e. The van der Waals surface area contributed by atoms with Crippen molar-refractivity contribution >= 4 is 11.5 Å². The lowest BCUT2D eigenvalue weighted by Crippen LogP contribution is -1.99. The highest BCUT2D eigenvalue weighted by Gasteiger charge is 2.11. The van der Waals surface area contributed by atoms with E-state index in [1.165, 1.54) is 31.7 Å². The molecule has 5 heteroatoms. The summed E-state index contributed by atoms with van der Waals surface area (Å²) in [6.07, 6.45) is 1.11. The van der Waals surface area contributed by atoms with Crippen LogP contribution < -0.4 is 5.32 Å². The molecule has 1 N–H and O–H groups in total. The quantitative estimate of drug-likeness (QED) is 0.376. The van der Waals surface area contributed by atoms with E-state index >= 15 is 0 Å². The van der Waals surface area contributed by atoms with Gasteiger partial charge in [0.1, 0.15) is 23.1 Å².